The number of nitrogens with one attached hydrogen (secondary N) is 1. The SMILES string of the molecule is CCNC(CC1CCN(c2ccc(OC)c(OC)c2)C1)C(=O)O. The zero-order chi connectivity index (χ0) is 16.8. The predicted molar refractivity (Wildman–Crippen MR) is 89.6 cm³/mol. The van der Waals surface area contributed by atoms with Gasteiger partial charge >= 0.3 is 5.97 Å². The molecule has 0 amide bonds. The monoisotopic (exact) mass is 322 g/mol. The Kier molecular flexibility index (Phi) is 6.10. The third-order valence-corrected chi connectivity index (χ3v) is 4.34. The van der Waals surface area contributed by atoms with Crippen LogP contribution in [-0.2, 0) is 4.79 Å². The normalized spacial score (nSPS) is 18.7. The second-order valence-electron chi connectivity index (χ2n) is 5.82. The molecule has 2 atom stereocenters. The molecule has 0 aliphatic carbocycles. The predicted octanol–water partition coefficient (Wildman–Crippen LogP) is 1.98. The van der Waals surface area contributed by atoms with Crippen LogP contribution in [0.1, 0.15) is 19.8 Å². The summed E-state index contributed by atoms with van der Waals surface area (Å²) in [5, 5.41) is 12.3. The maximum Gasteiger partial charge on any atom is 0.320 e. The van der Waals surface area contributed by atoms with Crippen molar-refractivity contribution in [1.82, 2.24) is 5.32 Å². The van der Waals surface area contributed by atoms with Crippen LogP contribution in [-0.4, -0.2) is 51.0 Å². The molecular weight excluding hydrogens is 296 g/mol. The summed E-state index contributed by atoms with van der Waals surface area (Å²) < 4.78 is 10.6. The zero-order valence-corrected chi connectivity index (χ0v) is 14.0. The van der Waals surface area contributed by atoms with Gasteiger partial charge in [0.25, 0.3) is 0 Å². The van der Waals surface area contributed by atoms with Gasteiger partial charge in [0.05, 0.1) is 14.2 Å². The first kappa shape index (κ1) is 17.4. The topological polar surface area (TPSA) is 71.0 Å². The summed E-state index contributed by atoms with van der Waals surface area (Å²) in [6.45, 7) is 4.40. The minimum atomic E-state index is -0.767. The number of hydrogen-bond donors (Lipinski definition) is 2. The van der Waals surface area contributed by atoms with Crippen molar-refractivity contribution in [3.05, 3.63) is 18.2 Å². The molecule has 23 heavy (non-hydrogen) atoms. The quantitative estimate of drug-likeness (QED) is 0.763. The number of anilines is 1. The lowest BCUT2D eigenvalue weighted by molar-refractivity contribution is -0.139. The van der Waals surface area contributed by atoms with E-state index in [1.165, 1.54) is 0 Å². The first-order chi connectivity index (χ1) is 11.1. The molecule has 2 N–H and O–H groups in total. The Morgan fingerprint density at radius 1 is 1.39 bits per heavy atom. The molecule has 1 heterocycles. The highest BCUT2D eigenvalue weighted by atomic mass is 16.5. The van der Waals surface area contributed by atoms with Crippen molar-refractivity contribution < 1.29 is 19.4 Å². The number of likely N-dealkylation sites (N-methyl/N-ethyl adjacent to an activating group) is 1. The lowest BCUT2D eigenvalue weighted by Gasteiger charge is -2.21. The lowest BCUT2D eigenvalue weighted by atomic mass is 9.99. The number of aliphatic carboxylic acids is 1. The Bertz CT molecular complexity index is 535. The van der Waals surface area contributed by atoms with Crippen molar-refractivity contribution in [2.45, 2.75) is 25.8 Å². The van der Waals surface area contributed by atoms with Gasteiger partial charge in [-0.05, 0) is 37.4 Å². The van der Waals surface area contributed by atoms with Crippen LogP contribution >= 0.6 is 0 Å². The highest BCUT2D eigenvalue weighted by molar-refractivity contribution is 5.73. The molecule has 128 valence electrons. The molecule has 0 saturated carbocycles. The second-order valence-corrected chi connectivity index (χ2v) is 5.82. The highest BCUT2D eigenvalue weighted by Crippen LogP contribution is 2.34. The number of carbonyl (C=O) groups is 1. The van der Waals surface area contributed by atoms with Gasteiger partial charge in [0.1, 0.15) is 6.04 Å². The third kappa shape index (κ3) is 4.28. The summed E-state index contributed by atoms with van der Waals surface area (Å²) in [6, 6.07) is 5.43. The molecule has 6 nitrogen and oxygen atoms in total. The van der Waals surface area contributed by atoms with Crippen LogP contribution in [0.25, 0.3) is 0 Å². The van der Waals surface area contributed by atoms with Crippen LogP contribution in [0.4, 0.5) is 5.69 Å². The average Bonchev–Trinajstić information content (AvgIpc) is 3.02. The summed E-state index contributed by atoms with van der Waals surface area (Å²) >= 11 is 0. The molecule has 0 spiro atoms. The van der Waals surface area contributed by atoms with Gasteiger partial charge in [-0.15, -0.1) is 0 Å². The lowest BCUT2D eigenvalue weighted by Crippen LogP contribution is -2.38. The molecule has 1 fully saturated rings. The van der Waals surface area contributed by atoms with Gasteiger partial charge in [-0.25, -0.2) is 0 Å². The fourth-order valence-corrected chi connectivity index (χ4v) is 3.13. The van der Waals surface area contributed by atoms with Crippen molar-refractivity contribution in [2.75, 3.05) is 38.8 Å². The number of carboxylic acid groups (broad SMARTS) is 1. The molecule has 1 aliphatic heterocycles. The molecule has 0 bridgehead atoms. The van der Waals surface area contributed by atoms with E-state index < -0.39 is 12.0 Å². The van der Waals surface area contributed by atoms with Gasteiger partial charge in [0.15, 0.2) is 11.5 Å². The Morgan fingerprint density at radius 3 is 2.74 bits per heavy atom. The van der Waals surface area contributed by atoms with Gasteiger partial charge in [0, 0.05) is 24.8 Å². The van der Waals surface area contributed by atoms with E-state index in [-0.39, 0.29) is 0 Å². The summed E-state index contributed by atoms with van der Waals surface area (Å²) in [5.74, 6) is 1.04. The van der Waals surface area contributed by atoms with E-state index in [1.54, 1.807) is 14.2 Å². The van der Waals surface area contributed by atoms with Crippen molar-refractivity contribution >= 4 is 11.7 Å². The Labute approximate surface area is 137 Å². The molecule has 1 aromatic rings. The van der Waals surface area contributed by atoms with E-state index in [0.717, 1.165) is 25.2 Å². The molecule has 2 rings (SSSR count). The minimum Gasteiger partial charge on any atom is -0.493 e. The number of ether oxygens (including phenoxy) is 2. The van der Waals surface area contributed by atoms with E-state index in [9.17, 15) is 9.90 Å². The van der Waals surface area contributed by atoms with Crippen LogP contribution in [0.3, 0.4) is 0 Å². The summed E-state index contributed by atoms with van der Waals surface area (Å²) in [4.78, 5) is 13.6. The number of methoxy groups -OCH3 is 2. The van der Waals surface area contributed by atoms with Crippen molar-refractivity contribution in [3.63, 3.8) is 0 Å². The number of nitrogens with zero attached hydrogens (tertiary/aromatic N) is 1. The van der Waals surface area contributed by atoms with Crippen LogP contribution in [0, 0.1) is 5.92 Å². The number of rotatable bonds is 8. The fourth-order valence-electron chi connectivity index (χ4n) is 3.13. The van der Waals surface area contributed by atoms with Gasteiger partial charge in [0.2, 0.25) is 0 Å². The maximum absolute atomic E-state index is 11.3. The van der Waals surface area contributed by atoms with E-state index in [0.29, 0.717) is 30.4 Å². The zero-order valence-electron chi connectivity index (χ0n) is 14.0. The largest absolute Gasteiger partial charge is 0.493 e. The van der Waals surface area contributed by atoms with E-state index in [4.69, 9.17) is 9.47 Å². The van der Waals surface area contributed by atoms with Crippen molar-refractivity contribution in [3.8, 4) is 11.5 Å². The van der Waals surface area contributed by atoms with Gasteiger partial charge in [-0.2, -0.15) is 0 Å². The smallest absolute Gasteiger partial charge is 0.320 e. The summed E-state index contributed by atoms with van der Waals surface area (Å²) in [5.41, 5.74) is 1.08. The second kappa shape index (κ2) is 8.06. The molecule has 1 aromatic carbocycles. The summed E-state index contributed by atoms with van der Waals surface area (Å²) in [6.07, 6.45) is 1.66. The first-order valence-electron chi connectivity index (χ1n) is 8.02. The first-order valence-corrected chi connectivity index (χ1v) is 8.02. The van der Waals surface area contributed by atoms with Crippen LogP contribution < -0.4 is 19.7 Å². The standard InChI is InChI=1S/C17H26N2O4/c1-4-18-14(17(20)21)9-12-7-8-19(11-12)13-5-6-15(22-2)16(10-13)23-3/h5-6,10,12,14,18H,4,7-9,11H2,1-3H3,(H,20,21). The van der Waals surface area contributed by atoms with Crippen LogP contribution in [0.2, 0.25) is 0 Å². The van der Waals surface area contributed by atoms with Crippen molar-refractivity contribution in [2.24, 2.45) is 5.92 Å². The van der Waals surface area contributed by atoms with Gasteiger partial charge in [-0.3, -0.25) is 4.79 Å². The maximum atomic E-state index is 11.3. The van der Waals surface area contributed by atoms with E-state index >= 15 is 0 Å². The third-order valence-electron chi connectivity index (χ3n) is 4.34. The fraction of sp³-hybridized carbons (Fsp3) is 0.588. The van der Waals surface area contributed by atoms with Crippen LogP contribution in [0.5, 0.6) is 11.5 Å². The molecule has 2 unspecified atom stereocenters. The van der Waals surface area contributed by atoms with E-state index in [1.807, 2.05) is 25.1 Å². The Morgan fingerprint density at radius 2 is 2.13 bits per heavy atom. The molecule has 6 heteroatoms. The molecule has 0 aromatic heterocycles. The average molecular weight is 322 g/mol. The van der Waals surface area contributed by atoms with E-state index in [2.05, 4.69) is 10.2 Å². The summed E-state index contributed by atoms with van der Waals surface area (Å²) in [7, 11) is 3.25. The molecule has 1 aliphatic rings. The van der Waals surface area contributed by atoms with Gasteiger partial charge in [-0.1, -0.05) is 6.92 Å². The van der Waals surface area contributed by atoms with Gasteiger partial charge < -0.3 is 24.8 Å². The highest BCUT2D eigenvalue weighted by Gasteiger charge is 2.28. The van der Waals surface area contributed by atoms with Crippen molar-refractivity contribution in [1.29, 1.82) is 0 Å². The molecular formula is C17H26N2O4. The molecule has 0 radical (unpaired) electrons. The molecule has 1 saturated heterocycles. The Hall–Kier alpha value is -1.95. The minimum absolute atomic E-state index is 0.378. The van der Waals surface area contributed by atoms with Crippen LogP contribution in [0.15, 0.2) is 18.2 Å². The number of hydrogen-bond acceptors (Lipinski definition) is 5. The number of benzene rings is 1. The Balaban J connectivity index is 2.00. The number of carboxylic acids is 1.